The van der Waals surface area contributed by atoms with Crippen LogP contribution in [0.25, 0.3) is 0 Å². The van der Waals surface area contributed by atoms with Crippen LogP contribution in [-0.2, 0) is 18.4 Å². The van der Waals surface area contributed by atoms with Crippen molar-refractivity contribution in [2.75, 3.05) is 13.1 Å². The predicted octanol–water partition coefficient (Wildman–Crippen LogP) is 6.72. The zero-order chi connectivity index (χ0) is 23.3. The molecule has 0 spiro atoms. The molecule has 0 bridgehead atoms. The number of nitrogens with zero attached hydrogens (tertiary/aromatic N) is 1. The molecule has 1 saturated heterocycles. The lowest BCUT2D eigenvalue weighted by Gasteiger charge is -2.42. The number of hydrogen-bond acceptors (Lipinski definition) is 3. The van der Waals surface area contributed by atoms with E-state index in [1.54, 1.807) is 0 Å². The number of carbonyl (C=O) groups is 1. The van der Waals surface area contributed by atoms with Gasteiger partial charge in [0.15, 0.2) is 5.78 Å². The summed E-state index contributed by atoms with van der Waals surface area (Å²) in [6.45, 7) is 3.93. The summed E-state index contributed by atoms with van der Waals surface area (Å²) in [5, 5.41) is 11.9. The Morgan fingerprint density at radius 3 is 2.39 bits per heavy atom. The average molecular weight is 468 g/mol. The van der Waals surface area contributed by atoms with Crippen molar-refractivity contribution in [2.24, 2.45) is 0 Å². The number of hydrogen-bond donors (Lipinski definition) is 1. The van der Waals surface area contributed by atoms with Crippen LogP contribution in [0.2, 0.25) is 5.02 Å². The number of halogens is 1. The average Bonchev–Trinajstić information content (AvgIpc) is 3.07. The number of aryl methyl sites for hydroxylation is 2. The highest BCUT2D eigenvalue weighted by Crippen LogP contribution is 2.35. The van der Waals surface area contributed by atoms with Crippen LogP contribution < -0.4 is 0 Å². The Morgan fingerprint density at radius 2 is 1.70 bits per heavy atom. The number of carbonyl (C=O) groups excluding carboxylic acids is 1. The standard InChI is InChI=1S/C29H38ClNO2/c1-2-6-27(31-19-17-29(33,18-20-31)25-11-13-26(30)14-12-25)15-16-28(32)24-10-9-22-7-4-3-5-8-23(22)21-24/h9-14,21,27,33H,2-8,15-20H2,1H3. The summed E-state index contributed by atoms with van der Waals surface area (Å²) in [5.74, 6) is 0.276. The summed E-state index contributed by atoms with van der Waals surface area (Å²) in [5.41, 5.74) is 3.89. The molecule has 1 atom stereocenters. The minimum atomic E-state index is -0.782. The molecule has 178 valence electrons. The van der Waals surface area contributed by atoms with Gasteiger partial charge >= 0.3 is 0 Å². The molecule has 0 aromatic heterocycles. The number of aliphatic hydroxyl groups is 1. The van der Waals surface area contributed by atoms with Crippen molar-refractivity contribution in [3.05, 3.63) is 69.7 Å². The van der Waals surface area contributed by atoms with Crippen molar-refractivity contribution in [3.8, 4) is 0 Å². The first-order valence-corrected chi connectivity index (χ1v) is 13.2. The number of ketones is 1. The lowest BCUT2D eigenvalue weighted by atomic mass is 9.83. The first-order chi connectivity index (χ1) is 16.0. The van der Waals surface area contributed by atoms with Crippen molar-refractivity contribution < 1.29 is 9.90 Å². The van der Waals surface area contributed by atoms with E-state index < -0.39 is 5.60 Å². The predicted molar refractivity (Wildman–Crippen MR) is 136 cm³/mol. The fourth-order valence-corrected chi connectivity index (χ4v) is 5.80. The minimum absolute atomic E-state index is 0.276. The van der Waals surface area contributed by atoms with Gasteiger partial charge in [0.2, 0.25) is 0 Å². The molecular formula is C29H38ClNO2. The highest BCUT2D eigenvalue weighted by atomic mass is 35.5. The third kappa shape index (κ3) is 6.07. The summed E-state index contributed by atoms with van der Waals surface area (Å²) in [6, 6.07) is 14.4. The maximum absolute atomic E-state index is 13.1. The molecule has 2 aromatic carbocycles. The van der Waals surface area contributed by atoms with Crippen LogP contribution in [0, 0.1) is 0 Å². The number of benzene rings is 2. The molecule has 1 heterocycles. The number of piperidine rings is 1. The van der Waals surface area contributed by atoms with E-state index in [1.165, 1.54) is 30.4 Å². The van der Waals surface area contributed by atoms with Gasteiger partial charge in [-0.1, -0.05) is 55.6 Å². The Hall–Kier alpha value is -1.68. The number of fused-ring (bicyclic) bond motifs is 1. The zero-order valence-corrected chi connectivity index (χ0v) is 20.7. The van der Waals surface area contributed by atoms with Crippen molar-refractivity contribution in [1.29, 1.82) is 0 Å². The fraction of sp³-hybridized carbons (Fsp3) is 0.552. The van der Waals surface area contributed by atoms with E-state index in [2.05, 4.69) is 30.0 Å². The monoisotopic (exact) mass is 467 g/mol. The van der Waals surface area contributed by atoms with E-state index in [1.807, 2.05) is 24.3 Å². The van der Waals surface area contributed by atoms with E-state index >= 15 is 0 Å². The van der Waals surface area contributed by atoms with E-state index in [-0.39, 0.29) is 5.78 Å². The molecule has 0 radical (unpaired) electrons. The van der Waals surface area contributed by atoms with Crippen LogP contribution in [0.3, 0.4) is 0 Å². The molecule has 1 aliphatic carbocycles. The minimum Gasteiger partial charge on any atom is -0.385 e. The van der Waals surface area contributed by atoms with Gasteiger partial charge in [0, 0.05) is 36.1 Å². The van der Waals surface area contributed by atoms with Gasteiger partial charge in [-0.05, 0) is 86.3 Å². The van der Waals surface area contributed by atoms with Crippen LogP contribution in [0.1, 0.15) is 91.8 Å². The number of likely N-dealkylation sites (tertiary alicyclic amines) is 1. The van der Waals surface area contributed by atoms with Crippen LogP contribution >= 0.6 is 11.6 Å². The van der Waals surface area contributed by atoms with E-state index in [9.17, 15) is 9.90 Å². The van der Waals surface area contributed by atoms with Crippen molar-refractivity contribution in [1.82, 2.24) is 4.90 Å². The molecule has 2 aromatic rings. The second-order valence-electron chi connectivity index (χ2n) is 10.0. The van der Waals surface area contributed by atoms with Gasteiger partial charge in [-0.15, -0.1) is 0 Å². The maximum atomic E-state index is 13.1. The fourth-order valence-electron chi connectivity index (χ4n) is 5.68. The number of Topliss-reactive ketones (excluding diaryl/α,β-unsaturated/α-hetero) is 1. The summed E-state index contributed by atoms with van der Waals surface area (Å²) in [7, 11) is 0. The molecule has 4 heteroatoms. The molecule has 0 saturated carbocycles. The molecule has 33 heavy (non-hydrogen) atoms. The molecule has 3 nitrogen and oxygen atoms in total. The lowest BCUT2D eigenvalue weighted by Crippen LogP contribution is -2.47. The smallest absolute Gasteiger partial charge is 0.162 e. The molecule has 1 aliphatic heterocycles. The molecule has 2 aliphatic rings. The molecule has 1 N–H and O–H groups in total. The van der Waals surface area contributed by atoms with Crippen LogP contribution in [0.5, 0.6) is 0 Å². The van der Waals surface area contributed by atoms with Crippen molar-refractivity contribution in [3.63, 3.8) is 0 Å². The normalized spacial score (nSPS) is 19.5. The molecular weight excluding hydrogens is 430 g/mol. The first kappa shape index (κ1) is 24.4. The SMILES string of the molecule is CCCC(CCC(=O)c1ccc2c(c1)CCCCC2)N1CCC(O)(c2ccc(Cl)cc2)CC1. The van der Waals surface area contributed by atoms with Crippen molar-refractivity contribution in [2.45, 2.75) is 89.2 Å². The zero-order valence-electron chi connectivity index (χ0n) is 20.0. The summed E-state index contributed by atoms with van der Waals surface area (Å²) < 4.78 is 0. The van der Waals surface area contributed by atoms with Crippen LogP contribution in [-0.4, -0.2) is 34.9 Å². The highest BCUT2D eigenvalue weighted by molar-refractivity contribution is 6.30. The van der Waals surface area contributed by atoms with Gasteiger partial charge in [0.05, 0.1) is 5.60 Å². The topological polar surface area (TPSA) is 40.5 Å². The summed E-state index contributed by atoms with van der Waals surface area (Å²) in [6.07, 6.45) is 11.2. The molecule has 4 rings (SSSR count). The quantitative estimate of drug-likeness (QED) is 0.346. The lowest BCUT2D eigenvalue weighted by molar-refractivity contribution is -0.0374. The van der Waals surface area contributed by atoms with Crippen LogP contribution in [0.15, 0.2) is 42.5 Å². The molecule has 0 amide bonds. The first-order valence-electron chi connectivity index (χ1n) is 12.9. The molecule has 1 fully saturated rings. The second-order valence-corrected chi connectivity index (χ2v) is 10.5. The Balaban J connectivity index is 1.35. The van der Waals surface area contributed by atoms with E-state index in [4.69, 9.17) is 11.6 Å². The summed E-state index contributed by atoms with van der Waals surface area (Å²) >= 11 is 6.02. The second kappa shape index (κ2) is 11.2. The van der Waals surface area contributed by atoms with Crippen LogP contribution in [0.4, 0.5) is 0 Å². The largest absolute Gasteiger partial charge is 0.385 e. The van der Waals surface area contributed by atoms with Gasteiger partial charge in [0.25, 0.3) is 0 Å². The Morgan fingerprint density at radius 1 is 1.00 bits per heavy atom. The van der Waals surface area contributed by atoms with Crippen molar-refractivity contribution >= 4 is 17.4 Å². The molecule has 1 unspecified atom stereocenters. The van der Waals surface area contributed by atoms with Gasteiger partial charge in [-0.2, -0.15) is 0 Å². The Bertz CT molecular complexity index is 931. The maximum Gasteiger partial charge on any atom is 0.162 e. The number of rotatable bonds is 8. The Labute approximate surface area is 204 Å². The van der Waals surface area contributed by atoms with E-state index in [0.29, 0.717) is 30.3 Å². The van der Waals surface area contributed by atoms with Gasteiger partial charge in [0.1, 0.15) is 0 Å². The third-order valence-corrected chi connectivity index (χ3v) is 8.02. The van der Waals surface area contributed by atoms with Gasteiger partial charge < -0.3 is 10.0 Å². The summed E-state index contributed by atoms with van der Waals surface area (Å²) in [4.78, 5) is 15.6. The van der Waals surface area contributed by atoms with E-state index in [0.717, 1.165) is 56.3 Å². The van der Waals surface area contributed by atoms with Gasteiger partial charge in [-0.3, -0.25) is 4.79 Å². The van der Waals surface area contributed by atoms with Gasteiger partial charge in [-0.25, -0.2) is 0 Å². The third-order valence-electron chi connectivity index (χ3n) is 7.77. The Kier molecular flexibility index (Phi) is 8.27. The highest BCUT2D eigenvalue weighted by Gasteiger charge is 2.35.